The van der Waals surface area contributed by atoms with E-state index in [2.05, 4.69) is 13.8 Å². The van der Waals surface area contributed by atoms with Gasteiger partial charge in [-0.15, -0.1) is 0 Å². The van der Waals surface area contributed by atoms with Gasteiger partial charge in [-0.1, -0.05) is 19.4 Å². The van der Waals surface area contributed by atoms with Crippen LogP contribution in [0.15, 0.2) is 11.6 Å². The van der Waals surface area contributed by atoms with Crippen molar-refractivity contribution in [2.24, 2.45) is 34.5 Å². The van der Waals surface area contributed by atoms with Gasteiger partial charge in [0.1, 0.15) is 5.60 Å². The Morgan fingerprint density at radius 1 is 1.20 bits per heavy atom. The van der Waals surface area contributed by atoms with Crippen molar-refractivity contribution in [1.29, 1.82) is 0 Å². The second kappa shape index (κ2) is 6.41. The van der Waals surface area contributed by atoms with Crippen LogP contribution in [-0.2, 0) is 23.9 Å². The number of carbonyl (C=O) groups excluding carboxylic acids is 3. The largest absolute Gasteiger partial charge is 0.469 e. The first kappa shape index (κ1) is 20.2. The van der Waals surface area contributed by atoms with Crippen molar-refractivity contribution in [2.45, 2.75) is 76.9 Å². The zero-order chi connectivity index (χ0) is 21.5. The lowest BCUT2D eigenvalue weighted by molar-refractivity contribution is -0.197. The molecule has 1 heterocycles. The van der Waals surface area contributed by atoms with Crippen LogP contribution in [0.25, 0.3) is 0 Å². The molecule has 4 aliphatic carbocycles. The van der Waals surface area contributed by atoms with Gasteiger partial charge in [0.25, 0.3) is 0 Å². The minimum atomic E-state index is -0.611. The van der Waals surface area contributed by atoms with E-state index in [0.29, 0.717) is 38.5 Å². The van der Waals surface area contributed by atoms with Crippen molar-refractivity contribution >= 4 is 17.7 Å². The molecule has 6 nitrogen and oxygen atoms in total. The summed E-state index contributed by atoms with van der Waals surface area (Å²) in [4.78, 5) is 37.2. The molecule has 1 N–H and O–H groups in total. The summed E-state index contributed by atoms with van der Waals surface area (Å²) in [6.45, 7) is 4.33. The van der Waals surface area contributed by atoms with Gasteiger partial charge in [0.2, 0.25) is 0 Å². The minimum Gasteiger partial charge on any atom is -0.469 e. The van der Waals surface area contributed by atoms with Gasteiger partial charge in [0.15, 0.2) is 5.78 Å². The number of methoxy groups -OCH3 is 1. The van der Waals surface area contributed by atoms with Gasteiger partial charge in [-0.05, 0) is 67.8 Å². The number of hydrogen-bond acceptors (Lipinski definition) is 6. The van der Waals surface area contributed by atoms with E-state index in [1.165, 1.54) is 7.11 Å². The Kier molecular flexibility index (Phi) is 4.32. The normalized spacial score (nSPS) is 49.7. The summed E-state index contributed by atoms with van der Waals surface area (Å²) >= 11 is 0. The highest BCUT2D eigenvalue weighted by Crippen LogP contribution is 2.70. The lowest BCUT2D eigenvalue weighted by Crippen LogP contribution is -2.62. The van der Waals surface area contributed by atoms with Crippen molar-refractivity contribution in [3.05, 3.63) is 11.6 Å². The summed E-state index contributed by atoms with van der Waals surface area (Å²) in [5, 5.41) is 11.6. The molecule has 1 aliphatic heterocycles. The molecule has 0 aromatic heterocycles. The predicted molar refractivity (Wildman–Crippen MR) is 107 cm³/mol. The summed E-state index contributed by atoms with van der Waals surface area (Å²) in [6.07, 6.45) is 6.21. The number of aliphatic hydroxyl groups excluding tert-OH is 1. The first-order chi connectivity index (χ1) is 14.1. The van der Waals surface area contributed by atoms with Crippen LogP contribution in [0.1, 0.15) is 65.2 Å². The topological polar surface area (TPSA) is 89.9 Å². The molecule has 164 valence electrons. The predicted octanol–water partition coefficient (Wildman–Crippen LogP) is 2.96. The summed E-state index contributed by atoms with van der Waals surface area (Å²) < 4.78 is 11.2. The number of aliphatic hydroxyl groups is 1. The van der Waals surface area contributed by atoms with Crippen LogP contribution in [-0.4, -0.2) is 41.6 Å². The zero-order valence-corrected chi connectivity index (χ0v) is 18.1. The molecule has 6 heteroatoms. The van der Waals surface area contributed by atoms with E-state index in [9.17, 15) is 19.5 Å². The van der Waals surface area contributed by atoms with E-state index in [1.807, 2.05) is 0 Å². The maximum Gasteiger partial charge on any atom is 0.309 e. The van der Waals surface area contributed by atoms with Crippen LogP contribution >= 0.6 is 0 Å². The van der Waals surface area contributed by atoms with Gasteiger partial charge >= 0.3 is 11.9 Å². The fourth-order valence-corrected chi connectivity index (χ4v) is 8.35. The number of fused-ring (bicyclic) bond motifs is 6. The van der Waals surface area contributed by atoms with E-state index in [1.54, 1.807) is 6.08 Å². The Hall–Kier alpha value is -1.69. The van der Waals surface area contributed by atoms with Crippen molar-refractivity contribution in [1.82, 2.24) is 0 Å². The van der Waals surface area contributed by atoms with E-state index < -0.39 is 11.7 Å². The van der Waals surface area contributed by atoms with Crippen molar-refractivity contribution in [2.75, 3.05) is 7.11 Å². The third-order valence-electron chi connectivity index (χ3n) is 9.79. The molecule has 4 fully saturated rings. The van der Waals surface area contributed by atoms with Crippen LogP contribution < -0.4 is 0 Å². The van der Waals surface area contributed by atoms with Gasteiger partial charge in [-0.3, -0.25) is 14.4 Å². The highest BCUT2D eigenvalue weighted by Gasteiger charge is 2.71. The Morgan fingerprint density at radius 3 is 2.63 bits per heavy atom. The molecule has 0 aromatic carbocycles. The fourth-order valence-electron chi connectivity index (χ4n) is 8.35. The number of rotatable bonds is 1. The molecular weight excluding hydrogens is 384 g/mol. The standard InChI is InChI=1S/C24H32O6/c1-22-7-4-14(25)10-13(22)11-15(21(28)29-3)19-16-5-8-24(9-6-18(27)30-24)23(16,2)12-17(26)20(19)22/h10,15-17,19-20,26H,4-9,11-12H2,1-3H3/t15-,16+,17+,19?,20-,22+,23+,24+/m0/s1. The molecule has 3 saturated carbocycles. The lowest BCUT2D eigenvalue weighted by atomic mass is 9.43. The van der Waals surface area contributed by atoms with Crippen LogP contribution in [0.2, 0.25) is 0 Å². The maximum atomic E-state index is 12.9. The molecule has 5 rings (SSSR count). The first-order valence-corrected chi connectivity index (χ1v) is 11.4. The van der Waals surface area contributed by atoms with Gasteiger partial charge in [-0.25, -0.2) is 0 Å². The van der Waals surface area contributed by atoms with Crippen LogP contribution in [0.3, 0.4) is 0 Å². The molecular formula is C24H32O6. The molecule has 8 atom stereocenters. The number of esters is 2. The van der Waals surface area contributed by atoms with Crippen LogP contribution in [0.5, 0.6) is 0 Å². The van der Waals surface area contributed by atoms with Crippen molar-refractivity contribution in [3.63, 3.8) is 0 Å². The Bertz CT molecular complexity index is 847. The number of hydrogen-bond donors (Lipinski definition) is 1. The molecule has 1 saturated heterocycles. The summed E-state index contributed by atoms with van der Waals surface area (Å²) in [5.74, 6) is -0.636. The number of allylic oxidation sites excluding steroid dienone is 1. The van der Waals surface area contributed by atoms with E-state index in [-0.39, 0.29) is 52.2 Å². The summed E-state index contributed by atoms with van der Waals surface area (Å²) in [6, 6.07) is 0. The minimum absolute atomic E-state index is 0.0415. The second-order valence-electron chi connectivity index (χ2n) is 10.8. The molecule has 0 aromatic rings. The fraction of sp³-hybridized carbons (Fsp3) is 0.792. The van der Waals surface area contributed by atoms with E-state index >= 15 is 0 Å². The zero-order valence-electron chi connectivity index (χ0n) is 18.1. The van der Waals surface area contributed by atoms with Gasteiger partial charge in [0, 0.05) is 18.3 Å². The number of ether oxygens (including phenoxy) is 2. The lowest BCUT2D eigenvalue weighted by Gasteiger charge is -2.62. The van der Waals surface area contributed by atoms with Crippen LogP contribution in [0, 0.1) is 34.5 Å². The Labute approximate surface area is 177 Å². The van der Waals surface area contributed by atoms with Gasteiger partial charge in [-0.2, -0.15) is 0 Å². The molecule has 1 spiro atoms. The van der Waals surface area contributed by atoms with E-state index in [0.717, 1.165) is 18.4 Å². The summed E-state index contributed by atoms with van der Waals surface area (Å²) in [5.41, 5.74) is -0.168. The van der Waals surface area contributed by atoms with Gasteiger partial charge in [0.05, 0.1) is 19.1 Å². The maximum absolute atomic E-state index is 12.9. The SMILES string of the molecule is COC(=O)[C@H]1CC2=CC(=O)CC[C@@]2(C)[C@@H]2C1[C@H]1CC[C@@]3(CCC(=O)O3)[C@]1(C)C[C@H]2O. The van der Waals surface area contributed by atoms with Crippen molar-refractivity contribution in [3.8, 4) is 0 Å². The molecule has 0 amide bonds. The average molecular weight is 417 g/mol. The molecule has 30 heavy (non-hydrogen) atoms. The highest BCUT2D eigenvalue weighted by atomic mass is 16.6. The van der Waals surface area contributed by atoms with Crippen molar-refractivity contribution < 1.29 is 29.0 Å². The molecule has 0 radical (unpaired) electrons. The third-order valence-corrected chi connectivity index (χ3v) is 9.79. The Balaban J connectivity index is 1.62. The molecule has 5 aliphatic rings. The summed E-state index contributed by atoms with van der Waals surface area (Å²) in [7, 11) is 1.42. The highest BCUT2D eigenvalue weighted by molar-refractivity contribution is 5.92. The number of ketones is 1. The van der Waals surface area contributed by atoms with Gasteiger partial charge < -0.3 is 14.6 Å². The quantitative estimate of drug-likeness (QED) is 0.661. The number of carbonyl (C=O) groups is 3. The average Bonchev–Trinajstić information content (AvgIpc) is 3.21. The smallest absolute Gasteiger partial charge is 0.309 e. The van der Waals surface area contributed by atoms with E-state index in [4.69, 9.17) is 9.47 Å². The Morgan fingerprint density at radius 2 is 1.97 bits per heavy atom. The van der Waals surface area contributed by atoms with Crippen LogP contribution in [0.4, 0.5) is 0 Å². The monoisotopic (exact) mass is 416 g/mol. The molecule has 1 unspecified atom stereocenters. The molecule has 0 bridgehead atoms. The second-order valence-corrected chi connectivity index (χ2v) is 10.8. The first-order valence-electron chi connectivity index (χ1n) is 11.4. The third kappa shape index (κ3) is 2.43.